The topological polar surface area (TPSA) is 55.6 Å². The van der Waals surface area contributed by atoms with Crippen LogP contribution in [0.15, 0.2) is 48.7 Å². The van der Waals surface area contributed by atoms with Crippen molar-refractivity contribution in [3.63, 3.8) is 0 Å². The van der Waals surface area contributed by atoms with Crippen LogP contribution in [0.1, 0.15) is 17.0 Å². The number of aromatic nitrogens is 2. The Morgan fingerprint density at radius 3 is 2.70 bits per heavy atom. The standard InChI is InChI=1S/C18H19N3O2/c1-13-4-3-5-17-20-15(12-21(13)17)11-19-18(22)10-14-6-8-16(23-2)9-7-14/h3-9,12H,10-11H2,1-2H3,(H,19,22). The Morgan fingerprint density at radius 1 is 1.22 bits per heavy atom. The number of hydrogen-bond acceptors (Lipinski definition) is 3. The molecular formula is C18H19N3O2. The van der Waals surface area contributed by atoms with Gasteiger partial charge in [-0.3, -0.25) is 4.79 Å². The quantitative estimate of drug-likeness (QED) is 0.788. The van der Waals surface area contributed by atoms with Crippen LogP contribution < -0.4 is 10.1 Å². The molecule has 23 heavy (non-hydrogen) atoms. The van der Waals surface area contributed by atoms with E-state index in [1.807, 2.05) is 60.0 Å². The fourth-order valence-corrected chi connectivity index (χ4v) is 2.46. The average molecular weight is 309 g/mol. The molecule has 0 aliphatic heterocycles. The van der Waals surface area contributed by atoms with Crippen molar-refractivity contribution in [2.75, 3.05) is 7.11 Å². The van der Waals surface area contributed by atoms with Crippen molar-refractivity contribution < 1.29 is 9.53 Å². The molecule has 3 rings (SSSR count). The summed E-state index contributed by atoms with van der Waals surface area (Å²) in [5.41, 5.74) is 3.81. The first-order valence-corrected chi connectivity index (χ1v) is 7.49. The van der Waals surface area contributed by atoms with E-state index in [1.165, 1.54) is 0 Å². The molecule has 1 aromatic carbocycles. The Hall–Kier alpha value is -2.82. The molecule has 0 atom stereocenters. The third-order valence-electron chi connectivity index (χ3n) is 3.74. The largest absolute Gasteiger partial charge is 0.497 e. The minimum Gasteiger partial charge on any atom is -0.497 e. The maximum atomic E-state index is 12.0. The van der Waals surface area contributed by atoms with Gasteiger partial charge in [0.1, 0.15) is 11.4 Å². The molecule has 0 spiro atoms. The molecule has 5 nitrogen and oxygen atoms in total. The van der Waals surface area contributed by atoms with Gasteiger partial charge < -0.3 is 14.5 Å². The monoisotopic (exact) mass is 309 g/mol. The van der Waals surface area contributed by atoms with E-state index in [4.69, 9.17) is 4.74 Å². The second-order valence-corrected chi connectivity index (χ2v) is 5.43. The SMILES string of the molecule is COc1ccc(CC(=O)NCc2cn3c(C)cccc3n2)cc1. The van der Waals surface area contributed by atoms with Crippen LogP contribution in [0.4, 0.5) is 0 Å². The highest BCUT2D eigenvalue weighted by atomic mass is 16.5. The van der Waals surface area contributed by atoms with Gasteiger partial charge in [-0.1, -0.05) is 18.2 Å². The van der Waals surface area contributed by atoms with Gasteiger partial charge in [-0.05, 0) is 36.8 Å². The van der Waals surface area contributed by atoms with Crippen LogP contribution in [0, 0.1) is 6.92 Å². The fraction of sp³-hybridized carbons (Fsp3) is 0.222. The molecular weight excluding hydrogens is 290 g/mol. The molecule has 0 aliphatic carbocycles. The molecule has 1 N–H and O–H groups in total. The number of ether oxygens (including phenoxy) is 1. The second kappa shape index (κ2) is 6.52. The first kappa shape index (κ1) is 15.1. The van der Waals surface area contributed by atoms with Gasteiger partial charge in [0, 0.05) is 11.9 Å². The van der Waals surface area contributed by atoms with Crippen molar-refractivity contribution >= 4 is 11.6 Å². The fourth-order valence-electron chi connectivity index (χ4n) is 2.46. The number of nitrogens with zero attached hydrogens (tertiary/aromatic N) is 2. The molecule has 0 unspecified atom stereocenters. The molecule has 5 heteroatoms. The van der Waals surface area contributed by atoms with Gasteiger partial charge in [-0.2, -0.15) is 0 Å². The lowest BCUT2D eigenvalue weighted by atomic mass is 10.1. The van der Waals surface area contributed by atoms with Crippen molar-refractivity contribution in [1.29, 1.82) is 0 Å². The zero-order valence-electron chi connectivity index (χ0n) is 13.2. The van der Waals surface area contributed by atoms with Crippen LogP contribution in [0.3, 0.4) is 0 Å². The summed E-state index contributed by atoms with van der Waals surface area (Å²) in [6, 6.07) is 13.5. The summed E-state index contributed by atoms with van der Waals surface area (Å²) in [7, 11) is 1.62. The Bertz CT molecular complexity index is 822. The second-order valence-electron chi connectivity index (χ2n) is 5.43. The predicted molar refractivity (Wildman–Crippen MR) is 88.5 cm³/mol. The zero-order chi connectivity index (χ0) is 16.2. The van der Waals surface area contributed by atoms with Crippen molar-refractivity contribution in [1.82, 2.24) is 14.7 Å². The molecule has 0 aliphatic rings. The van der Waals surface area contributed by atoms with Crippen molar-refractivity contribution in [2.24, 2.45) is 0 Å². The van der Waals surface area contributed by atoms with E-state index >= 15 is 0 Å². The Labute approximate surface area is 134 Å². The van der Waals surface area contributed by atoms with E-state index in [1.54, 1.807) is 7.11 Å². The molecule has 0 saturated carbocycles. The van der Waals surface area contributed by atoms with Crippen molar-refractivity contribution in [3.05, 3.63) is 65.6 Å². The molecule has 0 fully saturated rings. The van der Waals surface area contributed by atoms with E-state index in [0.29, 0.717) is 13.0 Å². The lowest BCUT2D eigenvalue weighted by Gasteiger charge is -2.04. The Balaban J connectivity index is 1.60. The molecule has 2 heterocycles. The highest BCUT2D eigenvalue weighted by molar-refractivity contribution is 5.78. The van der Waals surface area contributed by atoms with Crippen LogP contribution in [0.2, 0.25) is 0 Å². The number of carbonyl (C=O) groups is 1. The number of imidazole rings is 1. The first-order chi connectivity index (χ1) is 11.2. The van der Waals surface area contributed by atoms with Crippen LogP contribution in [-0.4, -0.2) is 22.4 Å². The van der Waals surface area contributed by atoms with Crippen LogP contribution >= 0.6 is 0 Å². The van der Waals surface area contributed by atoms with Crippen molar-refractivity contribution in [3.8, 4) is 5.75 Å². The van der Waals surface area contributed by atoms with Crippen LogP contribution in [-0.2, 0) is 17.8 Å². The maximum Gasteiger partial charge on any atom is 0.224 e. The molecule has 3 aromatic rings. The predicted octanol–water partition coefficient (Wildman–Crippen LogP) is 2.51. The lowest BCUT2D eigenvalue weighted by molar-refractivity contribution is -0.120. The van der Waals surface area contributed by atoms with Gasteiger partial charge in [0.25, 0.3) is 0 Å². The lowest BCUT2D eigenvalue weighted by Crippen LogP contribution is -2.24. The zero-order valence-corrected chi connectivity index (χ0v) is 13.2. The summed E-state index contributed by atoms with van der Waals surface area (Å²) in [5.74, 6) is 0.762. The van der Waals surface area contributed by atoms with Gasteiger partial charge in [-0.25, -0.2) is 4.98 Å². The third kappa shape index (κ3) is 3.51. The number of methoxy groups -OCH3 is 1. The molecule has 2 aromatic heterocycles. The molecule has 118 valence electrons. The van der Waals surface area contributed by atoms with E-state index < -0.39 is 0 Å². The maximum absolute atomic E-state index is 12.0. The molecule has 0 radical (unpaired) electrons. The van der Waals surface area contributed by atoms with Gasteiger partial charge in [0.15, 0.2) is 0 Å². The number of amides is 1. The van der Waals surface area contributed by atoms with Crippen molar-refractivity contribution in [2.45, 2.75) is 19.9 Å². The minimum absolute atomic E-state index is 0.0241. The van der Waals surface area contributed by atoms with E-state index in [0.717, 1.165) is 28.3 Å². The first-order valence-electron chi connectivity index (χ1n) is 7.49. The van der Waals surface area contributed by atoms with E-state index in [2.05, 4.69) is 10.3 Å². The highest BCUT2D eigenvalue weighted by Gasteiger charge is 2.07. The number of benzene rings is 1. The van der Waals surface area contributed by atoms with Gasteiger partial charge in [-0.15, -0.1) is 0 Å². The number of fused-ring (bicyclic) bond motifs is 1. The Kier molecular flexibility index (Phi) is 4.28. The normalized spacial score (nSPS) is 10.7. The number of aryl methyl sites for hydroxylation is 1. The number of nitrogens with one attached hydrogen (secondary N) is 1. The average Bonchev–Trinajstić information content (AvgIpc) is 2.98. The summed E-state index contributed by atoms with van der Waals surface area (Å²) in [5, 5.41) is 2.91. The summed E-state index contributed by atoms with van der Waals surface area (Å²) >= 11 is 0. The highest BCUT2D eigenvalue weighted by Crippen LogP contribution is 2.12. The van der Waals surface area contributed by atoms with E-state index in [-0.39, 0.29) is 5.91 Å². The summed E-state index contributed by atoms with van der Waals surface area (Å²) in [4.78, 5) is 16.6. The molecule has 1 amide bonds. The van der Waals surface area contributed by atoms with Gasteiger partial charge >= 0.3 is 0 Å². The van der Waals surface area contributed by atoms with Gasteiger partial charge in [0.05, 0.1) is 25.8 Å². The number of hydrogen-bond donors (Lipinski definition) is 1. The summed E-state index contributed by atoms with van der Waals surface area (Å²) in [6.07, 6.45) is 2.30. The minimum atomic E-state index is -0.0241. The third-order valence-corrected chi connectivity index (χ3v) is 3.74. The van der Waals surface area contributed by atoms with Crippen LogP contribution in [0.25, 0.3) is 5.65 Å². The molecule has 0 bridgehead atoms. The number of rotatable bonds is 5. The smallest absolute Gasteiger partial charge is 0.224 e. The number of pyridine rings is 1. The summed E-state index contributed by atoms with van der Waals surface area (Å²) < 4.78 is 7.13. The van der Waals surface area contributed by atoms with Gasteiger partial charge in [0.2, 0.25) is 5.91 Å². The number of carbonyl (C=O) groups excluding carboxylic acids is 1. The Morgan fingerprint density at radius 2 is 2.00 bits per heavy atom. The van der Waals surface area contributed by atoms with E-state index in [9.17, 15) is 4.79 Å². The molecule has 0 saturated heterocycles. The van der Waals surface area contributed by atoms with Crippen LogP contribution in [0.5, 0.6) is 5.75 Å². The summed E-state index contributed by atoms with van der Waals surface area (Å²) in [6.45, 7) is 2.46.